The summed E-state index contributed by atoms with van der Waals surface area (Å²) in [7, 11) is 0. The van der Waals surface area contributed by atoms with E-state index in [1.54, 1.807) is 11.3 Å². The molecule has 0 spiro atoms. The first-order valence-corrected chi connectivity index (χ1v) is 6.38. The lowest BCUT2D eigenvalue weighted by Gasteiger charge is -2.01. The summed E-state index contributed by atoms with van der Waals surface area (Å²) in [6.07, 6.45) is 0. The summed E-state index contributed by atoms with van der Waals surface area (Å²) in [6.45, 7) is 2.01. The zero-order valence-electron chi connectivity index (χ0n) is 8.05. The first kappa shape index (κ1) is 11.0. The average Bonchev–Trinajstić information content (AvgIpc) is 2.52. The lowest BCUT2D eigenvalue weighted by Crippen LogP contribution is -1.85. The van der Waals surface area contributed by atoms with Gasteiger partial charge in [-0.2, -0.15) is 0 Å². The molecule has 2 N–H and O–H groups in total. The molecule has 4 heteroatoms. The Kier molecular flexibility index (Phi) is 3.05. The van der Waals surface area contributed by atoms with Gasteiger partial charge < -0.3 is 5.73 Å². The number of hydrogen-bond donors (Lipinski definition) is 1. The van der Waals surface area contributed by atoms with E-state index in [-0.39, 0.29) is 0 Å². The Hall–Kier alpha value is -0.510. The number of halogens is 2. The number of nitrogen functional groups attached to an aromatic ring is 1. The number of nitrogens with two attached hydrogens (primary N) is 1. The molecular weight excluding hydrogens is 294 g/mol. The van der Waals surface area contributed by atoms with Crippen LogP contribution in [0.25, 0.3) is 10.4 Å². The highest BCUT2D eigenvalue weighted by molar-refractivity contribution is 9.10. The molecule has 1 aromatic heterocycles. The molecule has 2 rings (SSSR count). The Labute approximate surface area is 106 Å². The van der Waals surface area contributed by atoms with E-state index in [1.165, 1.54) is 4.88 Å². The second-order valence-corrected chi connectivity index (χ2v) is 5.81. The van der Waals surface area contributed by atoms with Crippen LogP contribution in [-0.4, -0.2) is 0 Å². The van der Waals surface area contributed by atoms with Gasteiger partial charge in [0.05, 0.1) is 4.34 Å². The number of aryl methyl sites for hydroxylation is 1. The van der Waals surface area contributed by atoms with Crippen molar-refractivity contribution < 1.29 is 0 Å². The van der Waals surface area contributed by atoms with E-state index in [2.05, 4.69) is 22.0 Å². The van der Waals surface area contributed by atoms with Crippen molar-refractivity contribution in [2.45, 2.75) is 6.92 Å². The summed E-state index contributed by atoms with van der Waals surface area (Å²) in [5, 5.41) is 0. The average molecular weight is 303 g/mol. The van der Waals surface area contributed by atoms with Crippen LogP contribution in [0.15, 0.2) is 28.7 Å². The number of rotatable bonds is 1. The molecule has 0 aliphatic rings. The van der Waals surface area contributed by atoms with Gasteiger partial charge in [0.25, 0.3) is 0 Å². The molecule has 1 heterocycles. The van der Waals surface area contributed by atoms with Crippen molar-refractivity contribution in [1.82, 2.24) is 0 Å². The Balaban J connectivity index is 2.49. The number of hydrogen-bond acceptors (Lipinski definition) is 2. The summed E-state index contributed by atoms with van der Waals surface area (Å²) in [4.78, 5) is 1.17. The van der Waals surface area contributed by atoms with E-state index in [1.807, 2.05) is 25.1 Å². The molecule has 0 radical (unpaired) electrons. The Bertz CT molecular complexity index is 488. The second-order valence-electron chi connectivity index (χ2n) is 3.30. The maximum Gasteiger partial charge on any atom is 0.0963 e. The second kappa shape index (κ2) is 4.16. The van der Waals surface area contributed by atoms with Crippen LogP contribution < -0.4 is 5.73 Å². The minimum absolute atomic E-state index is 0.748. The van der Waals surface area contributed by atoms with Crippen molar-refractivity contribution in [2.75, 3.05) is 5.73 Å². The number of benzene rings is 1. The number of anilines is 1. The smallest absolute Gasteiger partial charge is 0.0963 e. The summed E-state index contributed by atoms with van der Waals surface area (Å²) < 4.78 is 1.76. The molecule has 0 aliphatic carbocycles. The monoisotopic (exact) mass is 301 g/mol. The van der Waals surface area contributed by atoms with Gasteiger partial charge in [-0.3, -0.25) is 0 Å². The van der Waals surface area contributed by atoms with Crippen molar-refractivity contribution in [3.8, 4) is 10.4 Å². The standard InChI is InChI=1S/C11H9BrClNS/c1-6-4-10(15-11(6)13)7-2-3-9(14)8(12)5-7/h2-5H,14H2,1H3. The third kappa shape index (κ3) is 2.19. The minimum atomic E-state index is 0.748. The molecule has 78 valence electrons. The fraction of sp³-hybridized carbons (Fsp3) is 0.0909. The fourth-order valence-electron chi connectivity index (χ4n) is 1.28. The van der Waals surface area contributed by atoms with Crippen LogP contribution >= 0.6 is 38.9 Å². The van der Waals surface area contributed by atoms with Gasteiger partial charge >= 0.3 is 0 Å². The van der Waals surface area contributed by atoms with Crippen molar-refractivity contribution in [3.63, 3.8) is 0 Å². The highest BCUT2D eigenvalue weighted by Crippen LogP contribution is 2.36. The van der Waals surface area contributed by atoms with Crippen LogP contribution in [0, 0.1) is 6.92 Å². The molecule has 0 saturated heterocycles. The predicted octanol–water partition coefficient (Wildman–Crippen LogP) is 4.72. The van der Waals surface area contributed by atoms with Crippen molar-refractivity contribution in [1.29, 1.82) is 0 Å². The highest BCUT2D eigenvalue weighted by atomic mass is 79.9. The highest BCUT2D eigenvalue weighted by Gasteiger charge is 2.06. The molecule has 15 heavy (non-hydrogen) atoms. The first-order valence-electron chi connectivity index (χ1n) is 4.39. The van der Waals surface area contributed by atoms with Crippen molar-refractivity contribution in [2.24, 2.45) is 0 Å². The number of thiophene rings is 1. The van der Waals surface area contributed by atoms with E-state index in [9.17, 15) is 0 Å². The van der Waals surface area contributed by atoms with Gasteiger partial charge in [-0.15, -0.1) is 11.3 Å². The van der Waals surface area contributed by atoms with Gasteiger partial charge in [-0.05, 0) is 52.2 Å². The van der Waals surface area contributed by atoms with Crippen LogP contribution in [0.3, 0.4) is 0 Å². The zero-order valence-corrected chi connectivity index (χ0v) is 11.2. The van der Waals surface area contributed by atoms with Crippen LogP contribution in [0.5, 0.6) is 0 Å². The van der Waals surface area contributed by atoms with Crippen LogP contribution in [0.4, 0.5) is 5.69 Å². The Morgan fingerprint density at radius 2 is 2.07 bits per heavy atom. The Morgan fingerprint density at radius 1 is 1.33 bits per heavy atom. The first-order chi connectivity index (χ1) is 7.08. The van der Waals surface area contributed by atoms with E-state index in [0.29, 0.717) is 0 Å². The van der Waals surface area contributed by atoms with E-state index >= 15 is 0 Å². The van der Waals surface area contributed by atoms with Crippen LogP contribution in [0.2, 0.25) is 4.34 Å². The molecule has 2 aromatic rings. The molecule has 0 fully saturated rings. The predicted molar refractivity (Wildman–Crippen MR) is 71.6 cm³/mol. The lowest BCUT2D eigenvalue weighted by molar-refractivity contribution is 1.55. The SMILES string of the molecule is Cc1cc(-c2ccc(N)c(Br)c2)sc1Cl. The van der Waals surface area contributed by atoms with Gasteiger partial charge in [0, 0.05) is 15.0 Å². The normalized spacial score (nSPS) is 10.6. The molecule has 1 nitrogen and oxygen atoms in total. The van der Waals surface area contributed by atoms with Crippen molar-refractivity contribution >= 4 is 44.6 Å². The molecule has 1 aromatic carbocycles. The molecule has 0 bridgehead atoms. The van der Waals surface area contributed by atoms with Gasteiger partial charge in [-0.25, -0.2) is 0 Å². The van der Waals surface area contributed by atoms with Crippen LogP contribution in [0.1, 0.15) is 5.56 Å². The lowest BCUT2D eigenvalue weighted by atomic mass is 10.1. The van der Waals surface area contributed by atoms with Gasteiger partial charge in [0.1, 0.15) is 0 Å². The minimum Gasteiger partial charge on any atom is -0.398 e. The molecular formula is C11H9BrClNS. The van der Waals surface area contributed by atoms with E-state index in [0.717, 1.165) is 25.6 Å². The summed E-state index contributed by atoms with van der Waals surface area (Å²) in [5.74, 6) is 0. The summed E-state index contributed by atoms with van der Waals surface area (Å²) in [5.41, 5.74) is 8.73. The maximum atomic E-state index is 6.03. The van der Waals surface area contributed by atoms with Crippen LogP contribution in [-0.2, 0) is 0 Å². The summed E-state index contributed by atoms with van der Waals surface area (Å²) >= 11 is 11.0. The van der Waals surface area contributed by atoms with Gasteiger partial charge in [-0.1, -0.05) is 17.7 Å². The fourth-order valence-corrected chi connectivity index (χ4v) is 2.86. The van der Waals surface area contributed by atoms with Crippen molar-refractivity contribution in [3.05, 3.63) is 38.6 Å². The third-order valence-corrected chi connectivity index (χ3v) is 4.43. The van der Waals surface area contributed by atoms with Gasteiger partial charge in [0.2, 0.25) is 0 Å². The largest absolute Gasteiger partial charge is 0.398 e. The molecule has 0 aliphatic heterocycles. The molecule has 0 atom stereocenters. The van der Waals surface area contributed by atoms with E-state index < -0.39 is 0 Å². The molecule has 0 unspecified atom stereocenters. The topological polar surface area (TPSA) is 26.0 Å². The van der Waals surface area contributed by atoms with E-state index in [4.69, 9.17) is 17.3 Å². The molecule has 0 amide bonds. The molecule has 0 saturated carbocycles. The Morgan fingerprint density at radius 3 is 2.60 bits per heavy atom. The quantitative estimate of drug-likeness (QED) is 0.758. The van der Waals surface area contributed by atoms with Gasteiger partial charge in [0.15, 0.2) is 0 Å². The zero-order chi connectivity index (χ0) is 11.0. The summed E-state index contributed by atoms with van der Waals surface area (Å²) in [6, 6.07) is 7.99. The maximum absolute atomic E-state index is 6.03. The third-order valence-electron chi connectivity index (χ3n) is 2.14.